The average molecular weight is 324 g/mol. The molecule has 0 heterocycles. The first-order chi connectivity index (χ1) is 8.34. The third-order valence-corrected chi connectivity index (χ3v) is 3.45. The standard InChI is InChI=1S/C12H13BrF3NO/c1-8(6-13)7-17-11(18)9-2-4-10(5-3-9)12(14,15)16/h2-5,8H,6-7H2,1H3,(H,17,18). The molecule has 1 unspecified atom stereocenters. The molecule has 100 valence electrons. The summed E-state index contributed by atoms with van der Waals surface area (Å²) in [5, 5.41) is 3.41. The van der Waals surface area contributed by atoms with E-state index >= 15 is 0 Å². The van der Waals surface area contributed by atoms with Crippen LogP contribution in [0.3, 0.4) is 0 Å². The summed E-state index contributed by atoms with van der Waals surface area (Å²) in [5.41, 5.74) is -0.530. The highest BCUT2D eigenvalue weighted by Crippen LogP contribution is 2.29. The number of alkyl halides is 4. The molecular formula is C12H13BrF3NO. The maximum absolute atomic E-state index is 12.3. The van der Waals surface area contributed by atoms with Crippen molar-refractivity contribution >= 4 is 21.8 Å². The zero-order valence-electron chi connectivity index (χ0n) is 9.72. The largest absolute Gasteiger partial charge is 0.416 e. The number of carbonyl (C=O) groups excluding carboxylic acids is 1. The van der Waals surface area contributed by atoms with E-state index < -0.39 is 11.7 Å². The van der Waals surface area contributed by atoms with Gasteiger partial charge in [0.05, 0.1) is 5.56 Å². The molecule has 1 rings (SSSR count). The second-order valence-corrected chi connectivity index (χ2v) is 4.69. The van der Waals surface area contributed by atoms with E-state index in [0.29, 0.717) is 6.54 Å². The fraction of sp³-hybridized carbons (Fsp3) is 0.417. The Bertz CT molecular complexity index is 403. The van der Waals surface area contributed by atoms with Crippen molar-refractivity contribution in [2.75, 3.05) is 11.9 Å². The van der Waals surface area contributed by atoms with E-state index in [0.717, 1.165) is 17.5 Å². The number of benzene rings is 1. The Morgan fingerprint density at radius 2 is 1.89 bits per heavy atom. The minimum atomic E-state index is -4.38. The van der Waals surface area contributed by atoms with Crippen molar-refractivity contribution in [2.45, 2.75) is 13.1 Å². The molecular weight excluding hydrogens is 311 g/mol. The maximum atomic E-state index is 12.3. The van der Waals surface area contributed by atoms with Gasteiger partial charge in [0.15, 0.2) is 0 Å². The van der Waals surface area contributed by atoms with Crippen LogP contribution in [0.1, 0.15) is 22.8 Å². The summed E-state index contributed by atoms with van der Waals surface area (Å²) in [4.78, 5) is 11.6. The Morgan fingerprint density at radius 3 is 2.33 bits per heavy atom. The molecule has 0 bridgehead atoms. The zero-order valence-corrected chi connectivity index (χ0v) is 11.3. The van der Waals surface area contributed by atoms with Crippen molar-refractivity contribution in [1.29, 1.82) is 0 Å². The lowest BCUT2D eigenvalue weighted by molar-refractivity contribution is -0.137. The minimum absolute atomic E-state index is 0.227. The van der Waals surface area contributed by atoms with Crippen LogP contribution in [0.25, 0.3) is 0 Å². The summed E-state index contributed by atoms with van der Waals surface area (Å²) in [7, 11) is 0. The fourth-order valence-electron chi connectivity index (χ4n) is 1.23. The topological polar surface area (TPSA) is 29.1 Å². The van der Waals surface area contributed by atoms with Gasteiger partial charge >= 0.3 is 6.18 Å². The van der Waals surface area contributed by atoms with Crippen LogP contribution in [0.2, 0.25) is 0 Å². The lowest BCUT2D eigenvalue weighted by Gasteiger charge is -2.10. The summed E-state index contributed by atoms with van der Waals surface area (Å²) in [6, 6.07) is 4.17. The van der Waals surface area contributed by atoms with E-state index in [9.17, 15) is 18.0 Å². The van der Waals surface area contributed by atoms with Crippen molar-refractivity contribution < 1.29 is 18.0 Å². The predicted octanol–water partition coefficient (Wildman–Crippen LogP) is 3.47. The molecule has 0 fully saturated rings. The summed E-state index contributed by atoms with van der Waals surface area (Å²) < 4.78 is 36.9. The van der Waals surface area contributed by atoms with Gasteiger partial charge in [-0.2, -0.15) is 13.2 Å². The Kier molecular flexibility index (Phi) is 5.19. The molecule has 6 heteroatoms. The van der Waals surface area contributed by atoms with Crippen molar-refractivity contribution in [2.24, 2.45) is 5.92 Å². The van der Waals surface area contributed by atoms with E-state index in [1.807, 2.05) is 6.92 Å². The Morgan fingerprint density at radius 1 is 1.33 bits per heavy atom. The second-order valence-electron chi connectivity index (χ2n) is 4.04. The van der Waals surface area contributed by atoms with E-state index in [4.69, 9.17) is 0 Å². The Labute approximate surface area is 112 Å². The summed E-state index contributed by atoms with van der Waals surface area (Å²) >= 11 is 3.28. The molecule has 1 atom stereocenters. The lowest BCUT2D eigenvalue weighted by Crippen LogP contribution is -2.28. The molecule has 1 amide bonds. The highest BCUT2D eigenvalue weighted by atomic mass is 79.9. The van der Waals surface area contributed by atoms with Crippen molar-refractivity contribution in [3.63, 3.8) is 0 Å². The highest BCUT2D eigenvalue weighted by Gasteiger charge is 2.30. The second kappa shape index (κ2) is 6.22. The van der Waals surface area contributed by atoms with Crippen LogP contribution < -0.4 is 5.32 Å². The average Bonchev–Trinajstić information content (AvgIpc) is 2.34. The van der Waals surface area contributed by atoms with Gasteiger partial charge in [0.2, 0.25) is 0 Å². The first-order valence-electron chi connectivity index (χ1n) is 5.36. The van der Waals surface area contributed by atoms with Crippen LogP contribution in [0.4, 0.5) is 13.2 Å². The molecule has 1 N–H and O–H groups in total. The van der Waals surface area contributed by atoms with Crippen LogP contribution in [-0.2, 0) is 6.18 Å². The number of halogens is 4. The third kappa shape index (κ3) is 4.33. The van der Waals surface area contributed by atoms with Crippen molar-refractivity contribution in [3.8, 4) is 0 Å². The van der Waals surface area contributed by atoms with E-state index in [2.05, 4.69) is 21.2 Å². The van der Waals surface area contributed by atoms with Gasteiger partial charge in [-0.1, -0.05) is 22.9 Å². The first kappa shape index (κ1) is 15.0. The van der Waals surface area contributed by atoms with Crippen LogP contribution >= 0.6 is 15.9 Å². The van der Waals surface area contributed by atoms with Crippen LogP contribution in [0.15, 0.2) is 24.3 Å². The number of carbonyl (C=O) groups is 1. The number of hydrogen-bond donors (Lipinski definition) is 1. The number of hydrogen-bond acceptors (Lipinski definition) is 1. The summed E-state index contributed by atoms with van der Waals surface area (Å²) in [6.45, 7) is 2.42. The fourth-order valence-corrected chi connectivity index (χ4v) is 1.46. The molecule has 18 heavy (non-hydrogen) atoms. The molecule has 0 aliphatic heterocycles. The predicted molar refractivity (Wildman–Crippen MR) is 66.7 cm³/mol. The molecule has 0 aliphatic rings. The van der Waals surface area contributed by atoms with Gasteiger partial charge in [0.25, 0.3) is 5.91 Å². The molecule has 1 aromatic carbocycles. The molecule has 0 saturated heterocycles. The SMILES string of the molecule is CC(CBr)CNC(=O)c1ccc(C(F)(F)F)cc1. The van der Waals surface area contributed by atoms with Crippen LogP contribution in [0.5, 0.6) is 0 Å². The monoisotopic (exact) mass is 323 g/mol. The molecule has 0 radical (unpaired) electrons. The van der Waals surface area contributed by atoms with Gasteiger partial charge in [-0.05, 0) is 30.2 Å². The molecule has 0 aromatic heterocycles. The van der Waals surface area contributed by atoms with Crippen molar-refractivity contribution in [1.82, 2.24) is 5.32 Å². The van der Waals surface area contributed by atoms with Gasteiger partial charge in [0, 0.05) is 17.4 Å². The minimum Gasteiger partial charge on any atom is -0.352 e. The van der Waals surface area contributed by atoms with E-state index in [1.54, 1.807) is 0 Å². The zero-order chi connectivity index (χ0) is 13.8. The van der Waals surface area contributed by atoms with Crippen molar-refractivity contribution in [3.05, 3.63) is 35.4 Å². The molecule has 0 aliphatic carbocycles. The van der Waals surface area contributed by atoms with E-state index in [1.165, 1.54) is 12.1 Å². The number of amides is 1. The molecule has 0 spiro atoms. The Hall–Kier alpha value is -1.04. The third-order valence-electron chi connectivity index (χ3n) is 2.35. The van der Waals surface area contributed by atoms with E-state index in [-0.39, 0.29) is 17.4 Å². The summed E-state index contributed by atoms with van der Waals surface area (Å²) in [6.07, 6.45) is -4.38. The first-order valence-corrected chi connectivity index (χ1v) is 6.48. The van der Waals surface area contributed by atoms with Crippen LogP contribution in [0, 0.1) is 5.92 Å². The molecule has 0 saturated carbocycles. The number of nitrogens with one attached hydrogen (secondary N) is 1. The van der Waals surface area contributed by atoms with Gasteiger partial charge < -0.3 is 5.32 Å². The number of rotatable bonds is 4. The van der Waals surface area contributed by atoms with Gasteiger partial charge in [0.1, 0.15) is 0 Å². The lowest BCUT2D eigenvalue weighted by atomic mass is 10.1. The Balaban J connectivity index is 2.65. The van der Waals surface area contributed by atoms with Gasteiger partial charge in [-0.25, -0.2) is 0 Å². The summed E-state index contributed by atoms with van der Waals surface area (Å²) in [5.74, 6) is -0.0973. The van der Waals surface area contributed by atoms with Gasteiger partial charge in [-0.3, -0.25) is 4.79 Å². The molecule has 2 nitrogen and oxygen atoms in total. The maximum Gasteiger partial charge on any atom is 0.416 e. The smallest absolute Gasteiger partial charge is 0.352 e. The van der Waals surface area contributed by atoms with Crippen LogP contribution in [-0.4, -0.2) is 17.8 Å². The highest BCUT2D eigenvalue weighted by molar-refractivity contribution is 9.09. The molecule has 1 aromatic rings. The quantitative estimate of drug-likeness (QED) is 0.845. The van der Waals surface area contributed by atoms with Gasteiger partial charge in [-0.15, -0.1) is 0 Å². The normalized spacial score (nSPS) is 13.2.